The molecular formula is C42H66Ca2O16. The van der Waals surface area contributed by atoms with Crippen molar-refractivity contribution < 1.29 is 79.0 Å². The standard InChI is InChI=1S/C42H62O16.2Ca.4H/c1-37(2)21-8-11-42(7)31(20(43)16-18-19-17-39(4,36(53)54)13-12-38(19,3)14-15-41(18,42)6)40(21,5)10-9-22(37)55-35-30(26(47)25(46)29(57-35)33(51)52)58-34-27(48)23(44)24(45)28(56-34)32(49)50;;;;;;/h16,19,21-31,34-35,44-48H,8-15,17H2,1-7H3,(H,49,50)(H,51,52)(H,53,54);;;;;;/t19-,21-,22-,23-,24-,25-,26-,27+,28-,29-,30+,31+,34-,35-,38+,39-,40-,41+,42+;;;;;;/m0....../s1. The number of fused-ring (bicyclic) bond motifs is 7. The predicted molar refractivity (Wildman–Crippen MR) is 217 cm³/mol. The second-order valence-corrected chi connectivity index (χ2v) is 20.6. The third-order valence-electron chi connectivity index (χ3n) is 17.2. The molecule has 0 unspecified atom stereocenters. The molecular weight excluding hydrogens is 841 g/mol. The number of carbonyl (C=O) groups is 4. The van der Waals surface area contributed by atoms with Crippen LogP contribution in [0.2, 0.25) is 0 Å². The molecule has 18 heteroatoms. The summed E-state index contributed by atoms with van der Waals surface area (Å²) in [6.07, 6.45) is -12.2. The van der Waals surface area contributed by atoms with Crippen LogP contribution < -0.4 is 0 Å². The minimum absolute atomic E-state index is 0. The van der Waals surface area contributed by atoms with Crippen LogP contribution in [0.3, 0.4) is 0 Å². The Morgan fingerprint density at radius 3 is 1.83 bits per heavy atom. The molecule has 0 bridgehead atoms. The van der Waals surface area contributed by atoms with Crippen LogP contribution >= 0.6 is 0 Å². The van der Waals surface area contributed by atoms with E-state index in [0.717, 1.165) is 37.7 Å². The summed E-state index contributed by atoms with van der Waals surface area (Å²) in [6.45, 7) is 14.8. The maximum absolute atomic E-state index is 14.8. The van der Waals surface area contributed by atoms with Gasteiger partial charge in [0.2, 0.25) is 0 Å². The quantitative estimate of drug-likeness (QED) is 0.127. The molecule has 334 valence electrons. The van der Waals surface area contributed by atoms with Crippen molar-refractivity contribution in [3.8, 4) is 0 Å². The van der Waals surface area contributed by atoms with Gasteiger partial charge >= 0.3 is 93.4 Å². The van der Waals surface area contributed by atoms with Crippen molar-refractivity contribution >= 4 is 99.2 Å². The van der Waals surface area contributed by atoms with Crippen molar-refractivity contribution in [1.29, 1.82) is 0 Å². The van der Waals surface area contributed by atoms with Gasteiger partial charge in [0.05, 0.1) is 11.5 Å². The van der Waals surface area contributed by atoms with Crippen LogP contribution in [0.25, 0.3) is 0 Å². The van der Waals surface area contributed by atoms with Crippen LogP contribution in [0.4, 0.5) is 0 Å². The molecule has 2 heterocycles. The third-order valence-corrected chi connectivity index (χ3v) is 17.2. The second-order valence-electron chi connectivity index (χ2n) is 20.6. The summed E-state index contributed by atoms with van der Waals surface area (Å²) in [5, 5.41) is 83.0. The Kier molecular flexibility index (Phi) is 14.7. The molecule has 5 aliphatic carbocycles. The number of carboxylic acid groups (broad SMARTS) is 3. The maximum atomic E-state index is 14.8. The van der Waals surface area contributed by atoms with E-state index in [2.05, 4.69) is 27.7 Å². The molecule has 2 saturated heterocycles. The van der Waals surface area contributed by atoms with Crippen molar-refractivity contribution in [2.45, 2.75) is 174 Å². The normalized spacial score (nSPS) is 50.8. The topological polar surface area (TPSA) is 267 Å². The molecule has 16 nitrogen and oxygen atoms in total. The molecule has 0 aromatic carbocycles. The van der Waals surface area contributed by atoms with E-state index in [1.807, 2.05) is 26.8 Å². The van der Waals surface area contributed by atoms with Gasteiger partial charge in [-0.3, -0.25) is 9.59 Å². The van der Waals surface area contributed by atoms with E-state index < -0.39 is 107 Å². The van der Waals surface area contributed by atoms with Crippen LogP contribution in [0.5, 0.6) is 0 Å². The zero-order valence-corrected chi connectivity index (χ0v) is 34.4. The van der Waals surface area contributed by atoms with Gasteiger partial charge in [0, 0.05) is 5.92 Å². The summed E-state index contributed by atoms with van der Waals surface area (Å²) in [5.41, 5.74) is -1.81. The van der Waals surface area contributed by atoms with Crippen molar-refractivity contribution in [2.24, 2.45) is 50.2 Å². The number of hydrogen-bond donors (Lipinski definition) is 8. The zero-order valence-electron chi connectivity index (χ0n) is 34.4. The molecule has 8 N–H and O–H groups in total. The van der Waals surface area contributed by atoms with E-state index in [4.69, 9.17) is 18.9 Å². The van der Waals surface area contributed by atoms with E-state index in [-0.39, 0.29) is 110 Å². The van der Waals surface area contributed by atoms with Gasteiger partial charge in [-0.1, -0.05) is 47.1 Å². The molecule has 0 radical (unpaired) electrons. The molecule has 0 spiro atoms. The Labute approximate surface area is 410 Å². The van der Waals surface area contributed by atoms with Gasteiger partial charge in [-0.25, -0.2) is 9.59 Å². The van der Waals surface area contributed by atoms with Crippen LogP contribution in [0.15, 0.2) is 11.6 Å². The van der Waals surface area contributed by atoms with Gasteiger partial charge in [-0.2, -0.15) is 0 Å². The van der Waals surface area contributed by atoms with E-state index >= 15 is 0 Å². The number of hydrogen-bond acceptors (Lipinski definition) is 13. The Morgan fingerprint density at radius 2 is 1.25 bits per heavy atom. The number of aliphatic carboxylic acids is 3. The summed E-state index contributed by atoms with van der Waals surface area (Å²) in [6, 6.07) is 0. The Morgan fingerprint density at radius 1 is 0.683 bits per heavy atom. The van der Waals surface area contributed by atoms with Gasteiger partial charge in [0.1, 0.15) is 36.6 Å². The molecule has 4 saturated carbocycles. The summed E-state index contributed by atoms with van der Waals surface area (Å²) in [7, 11) is 0. The first-order chi connectivity index (χ1) is 26.8. The van der Waals surface area contributed by atoms with Gasteiger partial charge in [-0.15, -0.1) is 0 Å². The summed E-state index contributed by atoms with van der Waals surface area (Å²) < 4.78 is 23.4. The number of ketones is 1. The van der Waals surface area contributed by atoms with E-state index in [9.17, 15) is 60.0 Å². The third kappa shape index (κ3) is 7.74. The first-order valence-electron chi connectivity index (χ1n) is 20.7. The number of carbonyl (C=O) groups excluding carboxylic acids is 1. The number of carboxylic acids is 3. The number of rotatable bonds is 7. The summed E-state index contributed by atoms with van der Waals surface area (Å²) in [4.78, 5) is 51.3. The fourth-order valence-electron chi connectivity index (χ4n) is 13.4. The van der Waals surface area contributed by atoms with Gasteiger partial charge in [-0.05, 0) is 110 Å². The van der Waals surface area contributed by atoms with Gasteiger partial charge in [0.15, 0.2) is 30.6 Å². The molecule has 7 aliphatic rings. The Bertz CT molecular complexity index is 1740. The van der Waals surface area contributed by atoms with Gasteiger partial charge in [0.25, 0.3) is 0 Å². The van der Waals surface area contributed by atoms with Gasteiger partial charge < -0.3 is 59.8 Å². The average Bonchev–Trinajstić information content (AvgIpc) is 3.13. The van der Waals surface area contributed by atoms with Crippen LogP contribution in [0.1, 0.15) is 106 Å². The van der Waals surface area contributed by atoms with Crippen LogP contribution in [-0.2, 0) is 38.1 Å². The number of allylic oxidation sites excluding steroid dienone is 2. The van der Waals surface area contributed by atoms with Crippen molar-refractivity contribution in [2.75, 3.05) is 0 Å². The van der Waals surface area contributed by atoms with E-state index in [0.29, 0.717) is 25.7 Å². The number of aliphatic hydroxyl groups excluding tert-OH is 5. The molecule has 0 aromatic heterocycles. The fourth-order valence-corrected chi connectivity index (χ4v) is 13.4. The average molecular weight is 907 g/mol. The SMILES string of the molecule is CC1(C)[C@@H](O[C@H]2O[C@H](C(=O)O)[C@@H](O)[C@H](O)[C@H]2O[C@@H]2O[C@H](C(=O)O)[C@@H](O)[C@H](O)[C@H]2O)CC[C@]2(C)[C@H]3C(=O)C=C4[C@@H]5C[C@@](C)(C(=O)O)CC[C@]5(C)CC[C@@]4(C)[C@]3(C)CC[C@@H]12.[CaH2].[CaH2]. The number of aliphatic hydroxyl groups is 5. The Hall–Kier alpha value is -0.0205. The van der Waals surface area contributed by atoms with Crippen molar-refractivity contribution in [3.05, 3.63) is 11.6 Å². The minimum atomic E-state index is -2.05. The zero-order chi connectivity index (χ0) is 42.9. The summed E-state index contributed by atoms with van der Waals surface area (Å²) >= 11 is 0. The van der Waals surface area contributed by atoms with Crippen LogP contribution in [-0.4, -0.2) is 208 Å². The monoisotopic (exact) mass is 906 g/mol. The predicted octanol–water partition coefficient (Wildman–Crippen LogP) is 0.413. The molecule has 0 aromatic rings. The molecule has 7 rings (SSSR count). The molecule has 2 aliphatic heterocycles. The molecule has 6 fully saturated rings. The van der Waals surface area contributed by atoms with Crippen LogP contribution in [0, 0.1) is 50.2 Å². The van der Waals surface area contributed by atoms with E-state index in [1.165, 1.54) is 0 Å². The Balaban J connectivity index is 0.00000341. The number of ether oxygens (including phenoxy) is 4. The first kappa shape index (κ1) is 51.0. The summed E-state index contributed by atoms with van der Waals surface area (Å²) in [5.74, 6) is -4.47. The molecule has 19 atom stereocenters. The van der Waals surface area contributed by atoms with Crippen molar-refractivity contribution in [3.63, 3.8) is 0 Å². The first-order valence-corrected chi connectivity index (χ1v) is 20.7. The fraction of sp³-hybridized carbons (Fsp3) is 0.857. The second kappa shape index (κ2) is 17.3. The van der Waals surface area contributed by atoms with E-state index in [1.54, 1.807) is 0 Å². The molecule has 60 heavy (non-hydrogen) atoms. The van der Waals surface area contributed by atoms with Crippen molar-refractivity contribution in [1.82, 2.24) is 0 Å². The molecule has 0 amide bonds.